The van der Waals surface area contributed by atoms with E-state index in [-0.39, 0.29) is 11.3 Å². The van der Waals surface area contributed by atoms with E-state index in [1.54, 1.807) is 0 Å². The molecule has 0 atom stereocenters. The summed E-state index contributed by atoms with van der Waals surface area (Å²) < 4.78 is 0. The number of benzene rings is 9. The van der Waals surface area contributed by atoms with Gasteiger partial charge in [-0.1, -0.05) is 190 Å². The first-order valence-corrected chi connectivity index (χ1v) is 20.1. The Morgan fingerprint density at radius 1 is 0.368 bits per heavy atom. The monoisotopic (exact) mass is 727 g/mol. The van der Waals surface area contributed by atoms with Crippen molar-refractivity contribution in [3.63, 3.8) is 0 Å². The first-order valence-electron chi connectivity index (χ1n) is 20.1. The molecule has 1 nitrogen and oxygen atoms in total. The van der Waals surface area contributed by atoms with Crippen molar-refractivity contribution < 1.29 is 0 Å². The lowest BCUT2D eigenvalue weighted by Crippen LogP contribution is -2.17. The molecule has 0 N–H and O–H groups in total. The maximum Gasteiger partial charge on any atom is 0.0503 e. The molecule has 2 aliphatic carbocycles. The summed E-state index contributed by atoms with van der Waals surface area (Å²) in [5, 5.41) is 2.52. The van der Waals surface area contributed by atoms with Crippen LogP contribution < -0.4 is 4.90 Å². The summed E-state index contributed by atoms with van der Waals surface area (Å²) in [5.74, 6) is 0.109. The average molecular weight is 728 g/mol. The van der Waals surface area contributed by atoms with Gasteiger partial charge in [0.15, 0.2) is 0 Å². The molecule has 2 aliphatic rings. The van der Waals surface area contributed by atoms with Crippen LogP contribution in [0.15, 0.2) is 206 Å². The third kappa shape index (κ3) is 5.23. The molecule has 0 unspecified atom stereocenters. The van der Waals surface area contributed by atoms with Crippen LogP contribution in [0.1, 0.15) is 47.6 Å². The van der Waals surface area contributed by atoms with Gasteiger partial charge in [-0.3, -0.25) is 0 Å². The molecule has 57 heavy (non-hydrogen) atoms. The van der Waals surface area contributed by atoms with Crippen molar-refractivity contribution in [1.29, 1.82) is 0 Å². The van der Waals surface area contributed by atoms with Gasteiger partial charge >= 0.3 is 0 Å². The normalized spacial score (nSPS) is 13.5. The van der Waals surface area contributed by atoms with Crippen molar-refractivity contribution in [1.82, 2.24) is 0 Å². The second-order valence-electron chi connectivity index (χ2n) is 16.0. The predicted molar refractivity (Wildman–Crippen MR) is 240 cm³/mol. The largest absolute Gasteiger partial charge is 0.310 e. The van der Waals surface area contributed by atoms with Crippen molar-refractivity contribution in [2.45, 2.75) is 25.2 Å². The van der Waals surface area contributed by atoms with Gasteiger partial charge in [-0.15, -0.1) is 0 Å². The lowest BCUT2D eigenvalue weighted by molar-refractivity contribution is 0.660. The highest BCUT2D eigenvalue weighted by Crippen LogP contribution is 2.54. The van der Waals surface area contributed by atoms with Gasteiger partial charge in [0, 0.05) is 22.7 Å². The summed E-state index contributed by atoms with van der Waals surface area (Å²) in [6, 6.07) is 76.4. The molecule has 0 radical (unpaired) electrons. The first-order chi connectivity index (χ1) is 28.1. The quantitative estimate of drug-likeness (QED) is 0.165. The van der Waals surface area contributed by atoms with Crippen molar-refractivity contribution in [3.8, 4) is 44.5 Å². The molecular formula is C56H41N. The van der Waals surface area contributed by atoms with E-state index in [0.717, 1.165) is 11.4 Å². The minimum atomic E-state index is -0.120. The fraction of sp³-hybridized carbons (Fsp3) is 0.0714. The number of para-hydroxylation sites is 1. The Kier molecular flexibility index (Phi) is 7.66. The SMILES string of the molecule is CC1(C)c2ccccc2-c2ccc(N(c3ccc(-c4cccc5cccc(-c6ccccc6)c45)cc3)c3ccccc3C3c4ccccc4-c4ccccc43)cc21. The van der Waals surface area contributed by atoms with Crippen LogP contribution in [0.4, 0.5) is 17.1 Å². The predicted octanol–water partition coefficient (Wildman–Crippen LogP) is 15.1. The van der Waals surface area contributed by atoms with E-state index in [1.807, 2.05) is 0 Å². The summed E-state index contributed by atoms with van der Waals surface area (Å²) in [6.07, 6.45) is 0. The highest BCUT2D eigenvalue weighted by atomic mass is 15.1. The summed E-state index contributed by atoms with van der Waals surface area (Å²) >= 11 is 0. The van der Waals surface area contributed by atoms with Gasteiger partial charge in [0.2, 0.25) is 0 Å². The van der Waals surface area contributed by atoms with Crippen LogP contribution in [0.2, 0.25) is 0 Å². The standard InChI is InChI=1S/C56H41N/c1-56(2)51-28-12-10-22-46(51)47-35-34-41(36-52(47)56)57(53-29-13-11-25-50(53)55-48-23-8-6-20-44(48)45-21-7-9-24-49(45)55)40-32-30-38(31-33-40)43-27-15-19-39-18-14-26-42(54(39)43)37-16-4-3-5-17-37/h3-36,55H,1-2H3. The molecule has 0 amide bonds. The van der Waals surface area contributed by atoms with Crippen LogP contribution in [0.3, 0.4) is 0 Å². The maximum absolute atomic E-state index is 2.50. The first kappa shape index (κ1) is 33.4. The summed E-state index contributed by atoms with van der Waals surface area (Å²) in [6.45, 7) is 4.74. The van der Waals surface area contributed by atoms with Crippen LogP contribution in [-0.4, -0.2) is 0 Å². The molecule has 11 rings (SSSR count). The van der Waals surface area contributed by atoms with Crippen LogP contribution >= 0.6 is 0 Å². The second kappa shape index (κ2) is 13.1. The molecular weight excluding hydrogens is 687 g/mol. The summed E-state index contributed by atoms with van der Waals surface area (Å²) in [5.41, 5.74) is 20.3. The van der Waals surface area contributed by atoms with Crippen molar-refractivity contribution >= 4 is 27.8 Å². The fourth-order valence-corrected chi connectivity index (χ4v) is 9.91. The van der Waals surface area contributed by atoms with E-state index in [1.165, 1.54) is 88.8 Å². The van der Waals surface area contributed by atoms with Gasteiger partial charge in [0.25, 0.3) is 0 Å². The van der Waals surface area contributed by atoms with Crippen LogP contribution in [0, 0.1) is 0 Å². The zero-order valence-electron chi connectivity index (χ0n) is 32.2. The lowest BCUT2D eigenvalue weighted by Gasteiger charge is -2.31. The maximum atomic E-state index is 2.50. The molecule has 0 aromatic heterocycles. The summed E-state index contributed by atoms with van der Waals surface area (Å²) in [7, 11) is 0. The second-order valence-corrected chi connectivity index (χ2v) is 16.0. The molecule has 0 fully saturated rings. The molecule has 1 heteroatoms. The number of rotatable bonds is 6. The smallest absolute Gasteiger partial charge is 0.0503 e. The number of fused-ring (bicyclic) bond motifs is 7. The molecule has 0 saturated carbocycles. The van der Waals surface area contributed by atoms with E-state index in [2.05, 4.69) is 225 Å². The van der Waals surface area contributed by atoms with E-state index >= 15 is 0 Å². The molecule has 9 aromatic carbocycles. The molecule has 0 aliphatic heterocycles. The number of nitrogens with zero attached hydrogens (tertiary/aromatic N) is 1. The number of anilines is 3. The van der Waals surface area contributed by atoms with Crippen molar-refractivity contribution in [3.05, 3.63) is 234 Å². The van der Waals surface area contributed by atoms with Gasteiger partial charge in [-0.2, -0.15) is 0 Å². The Bertz CT molecular complexity index is 2940. The molecule has 9 aromatic rings. The van der Waals surface area contributed by atoms with Gasteiger partial charge in [-0.05, 0) is 113 Å². The van der Waals surface area contributed by atoms with Crippen LogP contribution in [0.5, 0.6) is 0 Å². The Morgan fingerprint density at radius 2 is 0.877 bits per heavy atom. The third-order valence-electron chi connectivity index (χ3n) is 12.6. The summed E-state index contributed by atoms with van der Waals surface area (Å²) in [4.78, 5) is 2.50. The molecule has 270 valence electrons. The van der Waals surface area contributed by atoms with Gasteiger partial charge < -0.3 is 4.90 Å². The minimum Gasteiger partial charge on any atom is -0.310 e. The molecule has 0 heterocycles. The van der Waals surface area contributed by atoms with Gasteiger partial charge in [0.05, 0.1) is 5.69 Å². The molecule has 0 saturated heterocycles. The van der Waals surface area contributed by atoms with E-state index < -0.39 is 0 Å². The fourth-order valence-electron chi connectivity index (χ4n) is 9.91. The zero-order valence-corrected chi connectivity index (χ0v) is 32.2. The van der Waals surface area contributed by atoms with E-state index in [0.29, 0.717) is 0 Å². The topological polar surface area (TPSA) is 3.24 Å². The zero-order chi connectivity index (χ0) is 38.1. The minimum absolute atomic E-state index is 0.109. The average Bonchev–Trinajstić information content (AvgIpc) is 3.72. The van der Waals surface area contributed by atoms with Crippen LogP contribution in [0.25, 0.3) is 55.3 Å². The Hall–Kier alpha value is -6.96. The molecule has 0 bridgehead atoms. The van der Waals surface area contributed by atoms with Crippen molar-refractivity contribution in [2.24, 2.45) is 0 Å². The van der Waals surface area contributed by atoms with Crippen molar-refractivity contribution in [2.75, 3.05) is 4.90 Å². The lowest BCUT2D eigenvalue weighted by atomic mass is 9.82. The Labute approximate surface area is 335 Å². The Balaban J connectivity index is 1.10. The molecule has 0 spiro atoms. The van der Waals surface area contributed by atoms with Gasteiger partial charge in [-0.25, -0.2) is 0 Å². The highest BCUT2D eigenvalue weighted by Gasteiger charge is 2.37. The van der Waals surface area contributed by atoms with Crippen LogP contribution in [-0.2, 0) is 5.41 Å². The highest BCUT2D eigenvalue weighted by molar-refractivity contribution is 6.06. The third-order valence-corrected chi connectivity index (χ3v) is 12.6. The van der Waals surface area contributed by atoms with E-state index in [9.17, 15) is 0 Å². The van der Waals surface area contributed by atoms with E-state index in [4.69, 9.17) is 0 Å². The number of hydrogen-bond donors (Lipinski definition) is 0. The van der Waals surface area contributed by atoms with Gasteiger partial charge in [0.1, 0.15) is 0 Å². The number of hydrogen-bond acceptors (Lipinski definition) is 1. The Morgan fingerprint density at radius 3 is 1.56 bits per heavy atom.